The number of unbranched alkanes of at least 4 members (excludes halogenated alkanes) is 9. The zero-order valence-corrected chi connectivity index (χ0v) is 13.8. The minimum atomic E-state index is 1.09. The first-order chi connectivity index (χ1) is 9.31. The van der Waals surface area contributed by atoms with Gasteiger partial charge in [-0.15, -0.1) is 0 Å². The zero-order chi connectivity index (χ0) is 14.2. The maximum Gasteiger partial charge on any atom is 0.0104 e. The molecule has 0 aromatic carbocycles. The molecular weight excluding hydrogens is 232 g/mol. The van der Waals surface area contributed by atoms with Crippen LogP contribution in [-0.4, -0.2) is 38.1 Å². The molecule has 0 aliphatic carbocycles. The smallest absolute Gasteiger partial charge is 0.0104 e. The maximum absolute atomic E-state index is 3.38. The molecule has 116 valence electrons. The summed E-state index contributed by atoms with van der Waals surface area (Å²) in [5, 5.41) is 3.38. The Kier molecular flexibility index (Phi) is 15.9. The molecule has 0 radical (unpaired) electrons. The van der Waals surface area contributed by atoms with E-state index in [1.807, 2.05) is 0 Å². The van der Waals surface area contributed by atoms with Crippen LogP contribution in [0.2, 0.25) is 0 Å². The normalized spacial score (nSPS) is 11.4. The van der Waals surface area contributed by atoms with Gasteiger partial charge in [-0.2, -0.15) is 0 Å². The van der Waals surface area contributed by atoms with Gasteiger partial charge in [0.15, 0.2) is 0 Å². The Labute approximate surface area is 122 Å². The van der Waals surface area contributed by atoms with Crippen molar-refractivity contribution in [3.8, 4) is 0 Å². The van der Waals surface area contributed by atoms with Gasteiger partial charge >= 0.3 is 0 Å². The van der Waals surface area contributed by atoms with Crippen molar-refractivity contribution in [1.29, 1.82) is 0 Å². The number of likely N-dealkylation sites (N-methyl/N-ethyl adjacent to an activating group) is 2. The van der Waals surface area contributed by atoms with Gasteiger partial charge in [0.05, 0.1) is 0 Å². The number of hydrogen-bond donors (Lipinski definition) is 1. The average Bonchev–Trinajstić information content (AvgIpc) is 2.41. The highest BCUT2D eigenvalue weighted by atomic mass is 15.1. The number of hydrogen-bond acceptors (Lipinski definition) is 2. The second kappa shape index (κ2) is 16.0. The van der Waals surface area contributed by atoms with Crippen molar-refractivity contribution in [3.63, 3.8) is 0 Å². The summed E-state index contributed by atoms with van der Waals surface area (Å²) in [7, 11) is 2.24. The van der Waals surface area contributed by atoms with Crippen LogP contribution < -0.4 is 5.32 Å². The van der Waals surface area contributed by atoms with Crippen molar-refractivity contribution in [2.24, 2.45) is 0 Å². The summed E-state index contributed by atoms with van der Waals surface area (Å²) in [6, 6.07) is 0. The summed E-state index contributed by atoms with van der Waals surface area (Å²) < 4.78 is 0. The fourth-order valence-corrected chi connectivity index (χ4v) is 2.43. The van der Waals surface area contributed by atoms with E-state index in [9.17, 15) is 0 Å². The van der Waals surface area contributed by atoms with Crippen molar-refractivity contribution in [2.75, 3.05) is 33.2 Å². The Bertz CT molecular complexity index is 159. The van der Waals surface area contributed by atoms with Gasteiger partial charge in [-0.3, -0.25) is 0 Å². The lowest BCUT2D eigenvalue weighted by Gasteiger charge is -2.16. The van der Waals surface area contributed by atoms with Crippen molar-refractivity contribution in [1.82, 2.24) is 10.2 Å². The largest absolute Gasteiger partial charge is 0.316 e. The monoisotopic (exact) mass is 270 g/mol. The minimum absolute atomic E-state index is 1.09. The molecule has 0 atom stereocenters. The molecular formula is C17H38N2. The van der Waals surface area contributed by atoms with Crippen LogP contribution in [0.1, 0.15) is 78.1 Å². The van der Waals surface area contributed by atoms with E-state index in [2.05, 4.69) is 31.1 Å². The quantitative estimate of drug-likeness (QED) is 0.442. The first-order valence-electron chi connectivity index (χ1n) is 8.70. The number of nitrogens with one attached hydrogen (secondary N) is 1. The van der Waals surface area contributed by atoms with Gasteiger partial charge in [0, 0.05) is 13.1 Å². The highest BCUT2D eigenvalue weighted by molar-refractivity contribution is 4.55. The SMILES string of the molecule is CCCCCCCCCCCCN(C)CCNCC. The summed E-state index contributed by atoms with van der Waals surface area (Å²) in [6.07, 6.45) is 14.3. The molecule has 0 aliphatic rings. The van der Waals surface area contributed by atoms with E-state index in [0.717, 1.165) is 13.1 Å². The summed E-state index contributed by atoms with van der Waals surface area (Å²) in [5.41, 5.74) is 0. The average molecular weight is 271 g/mol. The molecule has 0 aromatic heterocycles. The van der Waals surface area contributed by atoms with Crippen molar-refractivity contribution in [3.05, 3.63) is 0 Å². The third-order valence-electron chi connectivity index (χ3n) is 3.81. The van der Waals surface area contributed by atoms with Gasteiger partial charge in [-0.25, -0.2) is 0 Å². The minimum Gasteiger partial charge on any atom is -0.316 e. The molecule has 0 saturated carbocycles. The number of nitrogens with zero attached hydrogens (tertiary/aromatic N) is 1. The van der Waals surface area contributed by atoms with E-state index in [-0.39, 0.29) is 0 Å². The molecule has 0 rings (SSSR count). The molecule has 1 N–H and O–H groups in total. The first-order valence-corrected chi connectivity index (χ1v) is 8.70. The van der Waals surface area contributed by atoms with E-state index < -0.39 is 0 Å². The highest BCUT2D eigenvalue weighted by Gasteiger charge is 1.97. The lowest BCUT2D eigenvalue weighted by Crippen LogP contribution is -2.29. The van der Waals surface area contributed by atoms with Gasteiger partial charge in [0.25, 0.3) is 0 Å². The molecule has 0 amide bonds. The Morgan fingerprint density at radius 1 is 0.684 bits per heavy atom. The second-order valence-electron chi connectivity index (χ2n) is 5.84. The molecule has 2 nitrogen and oxygen atoms in total. The lowest BCUT2D eigenvalue weighted by atomic mass is 10.1. The Balaban J connectivity index is 3.05. The van der Waals surface area contributed by atoms with Gasteiger partial charge in [-0.1, -0.05) is 71.6 Å². The van der Waals surface area contributed by atoms with Crippen LogP contribution >= 0.6 is 0 Å². The molecule has 0 fully saturated rings. The summed E-state index contributed by atoms with van der Waals surface area (Å²) in [6.45, 7) is 9.13. The van der Waals surface area contributed by atoms with Crippen LogP contribution in [0.3, 0.4) is 0 Å². The van der Waals surface area contributed by atoms with E-state index in [0.29, 0.717) is 0 Å². The molecule has 2 heteroatoms. The van der Waals surface area contributed by atoms with Crippen LogP contribution in [-0.2, 0) is 0 Å². The van der Waals surface area contributed by atoms with Gasteiger partial charge in [0.2, 0.25) is 0 Å². The Morgan fingerprint density at radius 3 is 1.74 bits per heavy atom. The summed E-state index contributed by atoms with van der Waals surface area (Å²) >= 11 is 0. The van der Waals surface area contributed by atoms with Gasteiger partial charge < -0.3 is 10.2 Å². The molecule has 0 spiro atoms. The third-order valence-corrected chi connectivity index (χ3v) is 3.81. The standard InChI is InChI=1S/C17H38N2/c1-4-6-7-8-9-10-11-12-13-14-16-19(3)17-15-18-5-2/h18H,4-17H2,1-3H3. The molecule has 0 heterocycles. The number of rotatable bonds is 15. The van der Waals surface area contributed by atoms with Crippen LogP contribution in [0.4, 0.5) is 0 Å². The molecule has 19 heavy (non-hydrogen) atoms. The van der Waals surface area contributed by atoms with Crippen LogP contribution in [0.15, 0.2) is 0 Å². The van der Waals surface area contributed by atoms with Crippen LogP contribution in [0.25, 0.3) is 0 Å². The zero-order valence-electron chi connectivity index (χ0n) is 13.8. The fourth-order valence-electron chi connectivity index (χ4n) is 2.43. The van der Waals surface area contributed by atoms with Crippen molar-refractivity contribution >= 4 is 0 Å². The van der Waals surface area contributed by atoms with Crippen LogP contribution in [0.5, 0.6) is 0 Å². The van der Waals surface area contributed by atoms with Crippen molar-refractivity contribution < 1.29 is 0 Å². The van der Waals surface area contributed by atoms with Gasteiger partial charge in [0.1, 0.15) is 0 Å². The summed E-state index contributed by atoms with van der Waals surface area (Å²) in [5.74, 6) is 0. The van der Waals surface area contributed by atoms with Gasteiger partial charge in [-0.05, 0) is 26.6 Å². The Hall–Kier alpha value is -0.0800. The lowest BCUT2D eigenvalue weighted by molar-refractivity contribution is 0.322. The molecule has 0 bridgehead atoms. The van der Waals surface area contributed by atoms with Crippen molar-refractivity contribution in [2.45, 2.75) is 78.1 Å². The molecule has 0 unspecified atom stereocenters. The topological polar surface area (TPSA) is 15.3 Å². The molecule has 0 saturated heterocycles. The fraction of sp³-hybridized carbons (Fsp3) is 1.00. The highest BCUT2D eigenvalue weighted by Crippen LogP contribution is 2.10. The second-order valence-corrected chi connectivity index (χ2v) is 5.84. The van der Waals surface area contributed by atoms with E-state index in [4.69, 9.17) is 0 Å². The Morgan fingerprint density at radius 2 is 1.21 bits per heavy atom. The first kappa shape index (κ1) is 18.9. The molecule has 0 aromatic rings. The van der Waals surface area contributed by atoms with Crippen LogP contribution in [0, 0.1) is 0 Å². The van der Waals surface area contributed by atoms with E-state index in [1.165, 1.54) is 77.3 Å². The predicted octanol–water partition coefficient (Wildman–Crippen LogP) is 4.45. The third kappa shape index (κ3) is 15.9. The van der Waals surface area contributed by atoms with E-state index in [1.54, 1.807) is 0 Å². The maximum atomic E-state index is 3.38. The predicted molar refractivity (Wildman–Crippen MR) is 87.9 cm³/mol. The van der Waals surface area contributed by atoms with E-state index >= 15 is 0 Å². The summed E-state index contributed by atoms with van der Waals surface area (Å²) in [4.78, 5) is 2.45. The molecule has 0 aliphatic heterocycles.